The van der Waals surface area contributed by atoms with E-state index in [2.05, 4.69) is 0 Å². The molecule has 306 valence electrons. The van der Waals surface area contributed by atoms with Gasteiger partial charge in [0.05, 0.1) is 11.8 Å². The molecule has 0 aromatic rings. The van der Waals surface area contributed by atoms with Crippen LogP contribution in [0.4, 0.5) is 0 Å². The van der Waals surface area contributed by atoms with Crippen LogP contribution in [0.3, 0.4) is 0 Å². The average molecular weight is 781 g/mol. The van der Waals surface area contributed by atoms with E-state index < -0.39 is 143 Å². The lowest BCUT2D eigenvalue weighted by atomic mass is 9.66. The second-order valence-corrected chi connectivity index (χ2v) is 15.5. The summed E-state index contributed by atoms with van der Waals surface area (Å²) < 4.78 is 47.6. The lowest BCUT2D eigenvalue weighted by molar-refractivity contribution is -0.272. The van der Waals surface area contributed by atoms with Crippen LogP contribution in [0.1, 0.15) is 102 Å². The number of rotatable bonds is 8. The number of carbonyl (C=O) groups excluding carboxylic acids is 9. The molecule has 0 N–H and O–H groups in total. The highest BCUT2D eigenvalue weighted by Gasteiger charge is 2.76. The summed E-state index contributed by atoms with van der Waals surface area (Å²) in [5.74, 6) is -12.4. The summed E-state index contributed by atoms with van der Waals surface area (Å²) in [6, 6.07) is 0. The van der Waals surface area contributed by atoms with Gasteiger partial charge in [-0.1, -0.05) is 46.8 Å². The van der Waals surface area contributed by atoms with Crippen LogP contribution in [-0.2, 0) is 81.0 Å². The first kappa shape index (κ1) is 44.6. The molecule has 1 saturated carbocycles. The molecule has 0 amide bonds. The first-order valence-electron chi connectivity index (χ1n) is 18.0. The predicted octanol–water partition coefficient (Wildman–Crippen LogP) is 2.80. The molecular formula is C38H52O17. The van der Waals surface area contributed by atoms with Crippen LogP contribution < -0.4 is 0 Å². The van der Waals surface area contributed by atoms with Crippen LogP contribution in [0.25, 0.3) is 0 Å². The van der Waals surface area contributed by atoms with Crippen molar-refractivity contribution < 1.29 is 81.0 Å². The van der Waals surface area contributed by atoms with Crippen LogP contribution in [0.2, 0.25) is 0 Å². The summed E-state index contributed by atoms with van der Waals surface area (Å²) in [5, 5.41) is 0. The lowest BCUT2D eigenvalue weighted by Crippen LogP contribution is -2.72. The molecule has 0 aromatic heterocycles. The van der Waals surface area contributed by atoms with E-state index in [1.54, 1.807) is 13.8 Å². The van der Waals surface area contributed by atoms with Gasteiger partial charge in [0.2, 0.25) is 0 Å². The second kappa shape index (κ2) is 16.5. The number of hydrogen-bond acceptors (Lipinski definition) is 17. The molecule has 3 rings (SSSR count). The Bertz CT molecular complexity index is 1630. The molecule has 1 aliphatic heterocycles. The number of Topliss-reactive ketones (excluding diaryl/α,β-unsaturated/α-hetero) is 1. The quantitative estimate of drug-likeness (QED) is 0.196. The molecule has 0 bridgehead atoms. The summed E-state index contributed by atoms with van der Waals surface area (Å²) in [7, 11) is 0. The molecular weight excluding hydrogens is 728 g/mol. The summed E-state index contributed by atoms with van der Waals surface area (Å²) in [5.41, 5.74) is -8.38. The maximum absolute atomic E-state index is 15.1. The van der Waals surface area contributed by atoms with E-state index in [1.165, 1.54) is 39.8 Å². The van der Waals surface area contributed by atoms with Gasteiger partial charge in [0.25, 0.3) is 0 Å². The average Bonchev–Trinajstić information content (AvgIpc) is 3.25. The van der Waals surface area contributed by atoms with Gasteiger partial charge in [-0.15, -0.1) is 0 Å². The van der Waals surface area contributed by atoms with Crippen LogP contribution >= 0.6 is 0 Å². The second-order valence-electron chi connectivity index (χ2n) is 15.5. The largest absolute Gasteiger partial charge is 0.458 e. The summed E-state index contributed by atoms with van der Waals surface area (Å²) >= 11 is 0. The van der Waals surface area contributed by atoms with Gasteiger partial charge in [-0.2, -0.15) is 0 Å². The molecule has 1 heterocycles. The summed E-state index contributed by atoms with van der Waals surface area (Å²) in [6.45, 7) is 15.1. The number of allylic oxidation sites excluding steroid dienone is 1. The van der Waals surface area contributed by atoms with Gasteiger partial charge in [0, 0.05) is 72.1 Å². The molecule has 10 atom stereocenters. The Morgan fingerprint density at radius 2 is 1.24 bits per heavy atom. The zero-order chi connectivity index (χ0) is 42.0. The Balaban J connectivity index is 2.75. The molecule has 3 aliphatic rings. The zero-order valence-electron chi connectivity index (χ0n) is 33.3. The lowest BCUT2D eigenvalue weighted by Gasteiger charge is -2.53. The topological polar surface area (TPSA) is 227 Å². The van der Waals surface area contributed by atoms with Crippen molar-refractivity contribution in [3.05, 3.63) is 12.2 Å². The number of esters is 8. The van der Waals surface area contributed by atoms with Crippen molar-refractivity contribution in [1.29, 1.82) is 0 Å². The third kappa shape index (κ3) is 9.35. The third-order valence-corrected chi connectivity index (χ3v) is 9.96. The molecule has 55 heavy (non-hydrogen) atoms. The molecule has 2 fully saturated rings. The molecule has 2 aliphatic carbocycles. The van der Waals surface area contributed by atoms with Gasteiger partial charge in [0.1, 0.15) is 0 Å². The van der Waals surface area contributed by atoms with E-state index in [-0.39, 0.29) is 0 Å². The van der Waals surface area contributed by atoms with Crippen LogP contribution in [0.15, 0.2) is 12.2 Å². The Kier molecular flexibility index (Phi) is 13.4. The van der Waals surface area contributed by atoms with Crippen molar-refractivity contribution in [2.24, 2.45) is 23.2 Å². The van der Waals surface area contributed by atoms with Crippen molar-refractivity contribution in [2.45, 2.75) is 150 Å². The van der Waals surface area contributed by atoms with Gasteiger partial charge in [-0.25, -0.2) is 0 Å². The van der Waals surface area contributed by atoms with E-state index in [9.17, 15) is 38.4 Å². The van der Waals surface area contributed by atoms with Gasteiger partial charge in [-0.05, 0) is 6.92 Å². The fraction of sp³-hybridized carbons (Fsp3) is 0.711. The fourth-order valence-corrected chi connectivity index (χ4v) is 8.05. The van der Waals surface area contributed by atoms with E-state index in [1.807, 2.05) is 0 Å². The minimum absolute atomic E-state index is 0.523. The van der Waals surface area contributed by atoms with Crippen molar-refractivity contribution >= 4 is 53.5 Å². The Hall–Kier alpha value is -4.83. The Morgan fingerprint density at radius 1 is 0.709 bits per heavy atom. The summed E-state index contributed by atoms with van der Waals surface area (Å²) in [4.78, 5) is 120. The molecule has 17 heteroatoms. The van der Waals surface area contributed by atoms with Gasteiger partial charge < -0.3 is 37.9 Å². The number of ketones is 1. The summed E-state index contributed by atoms with van der Waals surface area (Å²) in [6.07, 6.45) is -8.12. The SMILES string of the molecule is CC(=O)O[C@H]1[C@@H](OC(C)=O)C(C)(C)/C=C/[C@H](C)C(=O)[C@@]2(OC(C)=O)C[C@@](C)(OC(C)=O)[C@H](OC(C)=O)[C@@H]2[C@H]2OC(=O)CC[C@@]2(OC(C)=O)[C@@H]1OC(=O)C(C)C. The minimum atomic E-state index is -2.50. The highest BCUT2D eigenvalue weighted by molar-refractivity contribution is 5.94. The Morgan fingerprint density at radius 3 is 1.73 bits per heavy atom. The number of ether oxygens (including phenoxy) is 8. The van der Waals surface area contributed by atoms with E-state index in [0.29, 0.717) is 0 Å². The van der Waals surface area contributed by atoms with Crippen molar-refractivity contribution in [3.8, 4) is 0 Å². The highest BCUT2D eigenvalue weighted by atomic mass is 16.7. The first-order valence-corrected chi connectivity index (χ1v) is 18.0. The van der Waals surface area contributed by atoms with Crippen molar-refractivity contribution in [2.75, 3.05) is 0 Å². The first-order chi connectivity index (χ1) is 25.2. The predicted molar refractivity (Wildman–Crippen MR) is 185 cm³/mol. The molecule has 17 nitrogen and oxygen atoms in total. The fourth-order valence-electron chi connectivity index (χ4n) is 8.05. The number of hydrogen-bond donors (Lipinski definition) is 0. The number of fused-ring (bicyclic) bond motifs is 3. The molecule has 1 saturated heterocycles. The smallest absolute Gasteiger partial charge is 0.308 e. The van der Waals surface area contributed by atoms with Gasteiger partial charge in [0.15, 0.2) is 53.1 Å². The molecule has 0 spiro atoms. The zero-order valence-corrected chi connectivity index (χ0v) is 33.3. The van der Waals surface area contributed by atoms with Gasteiger partial charge >= 0.3 is 47.8 Å². The minimum Gasteiger partial charge on any atom is -0.458 e. The van der Waals surface area contributed by atoms with Crippen LogP contribution in [-0.4, -0.2) is 101 Å². The molecule has 0 aromatic carbocycles. The van der Waals surface area contributed by atoms with Crippen LogP contribution in [0.5, 0.6) is 0 Å². The maximum Gasteiger partial charge on any atom is 0.308 e. The van der Waals surface area contributed by atoms with Crippen molar-refractivity contribution in [3.63, 3.8) is 0 Å². The van der Waals surface area contributed by atoms with Gasteiger partial charge in [-0.3, -0.25) is 43.2 Å². The van der Waals surface area contributed by atoms with Crippen molar-refractivity contribution in [1.82, 2.24) is 0 Å². The normalized spacial score (nSPS) is 34.8. The maximum atomic E-state index is 15.1. The van der Waals surface area contributed by atoms with E-state index >= 15 is 4.79 Å². The van der Waals surface area contributed by atoms with Crippen LogP contribution in [0, 0.1) is 23.2 Å². The third-order valence-electron chi connectivity index (χ3n) is 9.96. The Labute approximate surface area is 319 Å². The highest BCUT2D eigenvalue weighted by Crippen LogP contribution is 2.57. The van der Waals surface area contributed by atoms with E-state index in [0.717, 1.165) is 41.5 Å². The van der Waals surface area contributed by atoms with E-state index in [4.69, 9.17) is 37.9 Å². The standard InChI is InChI=1S/C38H52O17/c1-18(2)34(47)52-33-28(48-20(4)39)32(50-22(6)41)35(10,11)15-13-19(3)29(46)38(55-25(9)44)17-36(12,53-23(7)42)30(49-21(5)40)27(38)31-37(33,54-24(8)43)16-14-26(45)51-31/h13,15,18-19,27-28,30-33H,14,16-17H2,1-12H3/b15-13+/t19-,27+,28-,30+,31+,32+,33+,36+,37-,38+/m0/s1. The molecule has 0 unspecified atom stereocenters. The number of carbonyl (C=O) groups is 9. The monoisotopic (exact) mass is 780 g/mol. The molecule has 0 radical (unpaired) electrons.